The van der Waals surface area contributed by atoms with Gasteiger partial charge in [0, 0.05) is 25.2 Å². The van der Waals surface area contributed by atoms with E-state index in [1.165, 1.54) is 0 Å². The van der Waals surface area contributed by atoms with Gasteiger partial charge in [-0.2, -0.15) is 5.26 Å². The maximum absolute atomic E-state index is 12.7. The number of carbonyl (C=O) groups excluding carboxylic acids is 1. The summed E-state index contributed by atoms with van der Waals surface area (Å²) in [5.41, 5.74) is 0.741. The minimum atomic E-state index is -0.282. The highest BCUT2D eigenvalue weighted by Gasteiger charge is 2.26. The summed E-state index contributed by atoms with van der Waals surface area (Å²) in [5.74, 6) is 1.54. The minimum Gasteiger partial charge on any atom is -0.490 e. The Morgan fingerprint density at radius 2 is 1.91 bits per heavy atom. The second-order valence-electron chi connectivity index (χ2n) is 9.16. The van der Waals surface area contributed by atoms with Crippen LogP contribution in [0.4, 0.5) is 5.82 Å². The number of anilines is 1. The normalized spacial score (nSPS) is 22.0. The smallest absolute Gasteiger partial charge is 0.272 e. The number of nitriles is 1. The molecule has 2 aliphatic rings. The highest BCUT2D eigenvalue weighted by Crippen LogP contribution is 2.28. The molecule has 1 saturated heterocycles. The molecule has 1 aromatic carbocycles. The van der Waals surface area contributed by atoms with Crippen molar-refractivity contribution in [2.24, 2.45) is 5.92 Å². The Bertz CT molecular complexity index is 1020. The number of hydrogen-bond acceptors (Lipinski definition) is 7. The van der Waals surface area contributed by atoms with Crippen LogP contribution in [0.25, 0.3) is 0 Å². The summed E-state index contributed by atoms with van der Waals surface area (Å²) in [6.45, 7) is 3.50. The van der Waals surface area contributed by atoms with Crippen molar-refractivity contribution in [2.75, 3.05) is 18.0 Å². The van der Waals surface area contributed by atoms with E-state index in [0.29, 0.717) is 27.9 Å². The largest absolute Gasteiger partial charge is 0.490 e. The van der Waals surface area contributed by atoms with Crippen molar-refractivity contribution in [2.45, 2.75) is 63.7 Å². The van der Waals surface area contributed by atoms with Crippen LogP contribution in [0.2, 0.25) is 5.02 Å². The molecule has 9 heteroatoms. The molecule has 4 rings (SSSR count). The molecule has 1 aromatic heterocycles. The molecule has 0 bridgehead atoms. The molecule has 0 spiro atoms. The van der Waals surface area contributed by atoms with Crippen molar-refractivity contribution in [1.29, 1.82) is 5.26 Å². The highest BCUT2D eigenvalue weighted by atomic mass is 35.5. The number of benzene rings is 1. The average molecular weight is 484 g/mol. The molecular weight excluding hydrogens is 454 g/mol. The van der Waals surface area contributed by atoms with E-state index in [4.69, 9.17) is 21.6 Å². The quantitative estimate of drug-likeness (QED) is 0.644. The van der Waals surface area contributed by atoms with Gasteiger partial charge in [-0.05, 0) is 75.6 Å². The zero-order chi connectivity index (χ0) is 24.1. The van der Waals surface area contributed by atoms with Gasteiger partial charge in [0.05, 0.1) is 22.8 Å². The van der Waals surface area contributed by atoms with E-state index in [1.54, 1.807) is 24.3 Å². The first-order chi connectivity index (χ1) is 16.4. The number of amides is 1. The molecule has 1 unspecified atom stereocenters. The number of piperidine rings is 1. The van der Waals surface area contributed by atoms with Crippen LogP contribution < -0.4 is 15.0 Å². The zero-order valence-corrected chi connectivity index (χ0v) is 20.0. The molecule has 1 aliphatic carbocycles. The third-order valence-corrected chi connectivity index (χ3v) is 7.11. The maximum atomic E-state index is 12.7. The first-order valence-corrected chi connectivity index (χ1v) is 12.2. The van der Waals surface area contributed by atoms with E-state index < -0.39 is 0 Å². The van der Waals surface area contributed by atoms with Gasteiger partial charge in [0.2, 0.25) is 0 Å². The van der Waals surface area contributed by atoms with Gasteiger partial charge in [0.1, 0.15) is 11.8 Å². The first-order valence-electron chi connectivity index (χ1n) is 11.9. The molecule has 8 nitrogen and oxygen atoms in total. The number of aromatic nitrogens is 2. The van der Waals surface area contributed by atoms with Gasteiger partial charge < -0.3 is 20.1 Å². The summed E-state index contributed by atoms with van der Waals surface area (Å²) < 4.78 is 6.02. The van der Waals surface area contributed by atoms with Gasteiger partial charge >= 0.3 is 0 Å². The fourth-order valence-corrected chi connectivity index (χ4v) is 4.88. The Morgan fingerprint density at radius 1 is 1.18 bits per heavy atom. The monoisotopic (exact) mass is 483 g/mol. The maximum Gasteiger partial charge on any atom is 0.272 e. The lowest BCUT2D eigenvalue weighted by atomic mass is 9.92. The van der Waals surface area contributed by atoms with E-state index >= 15 is 0 Å². The van der Waals surface area contributed by atoms with Crippen LogP contribution in [0.1, 0.15) is 61.5 Å². The van der Waals surface area contributed by atoms with Crippen LogP contribution in [-0.4, -0.2) is 52.6 Å². The molecule has 1 amide bonds. The van der Waals surface area contributed by atoms with E-state index in [1.807, 2.05) is 19.1 Å². The lowest BCUT2D eigenvalue weighted by Gasteiger charge is -2.33. The molecule has 34 heavy (non-hydrogen) atoms. The van der Waals surface area contributed by atoms with Crippen molar-refractivity contribution < 1.29 is 14.6 Å². The second kappa shape index (κ2) is 11.0. The van der Waals surface area contributed by atoms with E-state index in [2.05, 4.69) is 20.4 Å². The summed E-state index contributed by atoms with van der Waals surface area (Å²) in [7, 11) is 0. The molecule has 1 aliphatic heterocycles. The summed E-state index contributed by atoms with van der Waals surface area (Å²) in [5, 5.41) is 30.6. The number of carbonyl (C=O) groups is 1. The Hall–Kier alpha value is -2.89. The predicted octanol–water partition coefficient (Wildman–Crippen LogP) is 3.72. The molecule has 2 heterocycles. The second-order valence-corrected chi connectivity index (χ2v) is 9.57. The standard InChI is InChI=1S/C25H30ClN5O3/c1-16(32)17-10-12-31(13-11-17)24-9-8-23(29-30-24)25(33)28-19-3-6-20(7-4-19)34-21-5-2-18(15-27)22(26)14-21/h2,5,8-9,14,16-17,19-20,32H,3-4,6-7,10-13H2,1H3,(H,28,33). The Kier molecular flexibility index (Phi) is 7.86. The molecule has 2 fully saturated rings. The van der Waals surface area contributed by atoms with E-state index in [9.17, 15) is 9.90 Å². The number of halogens is 1. The van der Waals surface area contributed by atoms with Crippen LogP contribution in [0.15, 0.2) is 30.3 Å². The molecule has 0 radical (unpaired) electrons. The zero-order valence-electron chi connectivity index (χ0n) is 19.3. The predicted molar refractivity (Wildman–Crippen MR) is 129 cm³/mol. The minimum absolute atomic E-state index is 0.0502. The average Bonchev–Trinajstić information content (AvgIpc) is 2.85. The van der Waals surface area contributed by atoms with Crippen molar-refractivity contribution in [3.8, 4) is 11.8 Å². The number of aliphatic hydroxyl groups excluding tert-OH is 1. The van der Waals surface area contributed by atoms with Gasteiger partial charge in [-0.15, -0.1) is 10.2 Å². The molecule has 180 valence electrons. The van der Waals surface area contributed by atoms with E-state index in [-0.39, 0.29) is 24.2 Å². The number of aliphatic hydroxyl groups is 1. The summed E-state index contributed by atoms with van der Waals surface area (Å²) >= 11 is 6.08. The van der Waals surface area contributed by atoms with Crippen LogP contribution in [0, 0.1) is 17.2 Å². The number of nitrogens with one attached hydrogen (secondary N) is 1. The van der Waals surface area contributed by atoms with Gasteiger partial charge in [-0.3, -0.25) is 4.79 Å². The van der Waals surface area contributed by atoms with Crippen LogP contribution >= 0.6 is 11.6 Å². The Morgan fingerprint density at radius 3 is 2.50 bits per heavy atom. The highest BCUT2D eigenvalue weighted by molar-refractivity contribution is 6.31. The molecule has 1 saturated carbocycles. The molecule has 2 N–H and O–H groups in total. The lowest BCUT2D eigenvalue weighted by molar-refractivity contribution is 0.0888. The SMILES string of the molecule is CC(O)C1CCN(c2ccc(C(=O)NC3CCC(Oc4ccc(C#N)c(Cl)c4)CC3)nn2)CC1. The third-order valence-electron chi connectivity index (χ3n) is 6.80. The number of ether oxygens (including phenoxy) is 1. The fourth-order valence-electron chi connectivity index (χ4n) is 4.66. The van der Waals surface area contributed by atoms with Crippen molar-refractivity contribution >= 4 is 23.3 Å². The number of hydrogen-bond donors (Lipinski definition) is 2. The van der Waals surface area contributed by atoms with Gasteiger partial charge in [-0.1, -0.05) is 11.6 Å². The number of rotatable bonds is 6. The lowest BCUT2D eigenvalue weighted by Crippen LogP contribution is -2.40. The van der Waals surface area contributed by atoms with Gasteiger partial charge in [0.15, 0.2) is 11.5 Å². The Balaban J connectivity index is 1.23. The fraction of sp³-hybridized carbons (Fsp3) is 0.520. The van der Waals surface area contributed by atoms with Crippen LogP contribution in [0.3, 0.4) is 0 Å². The van der Waals surface area contributed by atoms with E-state index in [0.717, 1.165) is 57.4 Å². The van der Waals surface area contributed by atoms with Gasteiger partial charge in [-0.25, -0.2) is 0 Å². The van der Waals surface area contributed by atoms with Crippen molar-refractivity contribution in [1.82, 2.24) is 15.5 Å². The van der Waals surface area contributed by atoms with Crippen LogP contribution in [-0.2, 0) is 0 Å². The summed E-state index contributed by atoms with van der Waals surface area (Å²) in [6, 6.07) is 10.8. The summed E-state index contributed by atoms with van der Waals surface area (Å²) in [4.78, 5) is 14.8. The van der Waals surface area contributed by atoms with Crippen LogP contribution in [0.5, 0.6) is 5.75 Å². The Labute approximate surface area is 204 Å². The molecule has 2 aromatic rings. The molecule has 1 atom stereocenters. The van der Waals surface area contributed by atoms with Crippen molar-refractivity contribution in [3.63, 3.8) is 0 Å². The summed E-state index contributed by atoms with van der Waals surface area (Å²) in [6.07, 6.45) is 4.86. The number of nitrogens with zero attached hydrogens (tertiary/aromatic N) is 4. The molecular formula is C25H30ClN5O3. The third kappa shape index (κ3) is 5.96. The first kappa shape index (κ1) is 24.2. The van der Waals surface area contributed by atoms with Gasteiger partial charge in [0.25, 0.3) is 5.91 Å². The topological polar surface area (TPSA) is 111 Å². The van der Waals surface area contributed by atoms with Crippen molar-refractivity contribution in [3.05, 3.63) is 46.6 Å².